The first-order valence-electron chi connectivity index (χ1n) is 10.7. The highest BCUT2D eigenvalue weighted by Gasteiger charge is 2.37. The first kappa shape index (κ1) is 21.5. The molecule has 3 atom stereocenters. The number of hydrogen-bond donors (Lipinski definition) is 0. The molecule has 3 aromatic rings. The van der Waals surface area contributed by atoms with E-state index in [4.69, 9.17) is 0 Å². The van der Waals surface area contributed by atoms with Crippen LogP contribution in [0.3, 0.4) is 0 Å². The van der Waals surface area contributed by atoms with Gasteiger partial charge in [-0.3, -0.25) is 4.79 Å². The molecule has 3 aromatic carbocycles. The number of amides is 1. The second-order valence-corrected chi connectivity index (χ2v) is 9.48. The molecule has 4 rings (SSSR count). The Kier molecular flexibility index (Phi) is 6.95. The standard InChI is InChI=1S/C26H28N2O2S/c1-27(19-21-11-5-2-6-12-21)26(29)23-17-18-25(22-13-7-3-8-14-22)28(20-23)31(30)24-15-9-4-10-16-24/h2-16,23,25H,17-20H2,1H3/t23-,25?,31?/m1/s1. The summed E-state index contributed by atoms with van der Waals surface area (Å²) in [5.74, 6) is -0.0493. The van der Waals surface area contributed by atoms with E-state index in [9.17, 15) is 9.00 Å². The van der Waals surface area contributed by atoms with Crippen LogP contribution in [0.2, 0.25) is 0 Å². The lowest BCUT2D eigenvalue weighted by molar-refractivity contribution is -0.136. The highest BCUT2D eigenvalue weighted by atomic mass is 32.2. The molecule has 0 bridgehead atoms. The summed E-state index contributed by atoms with van der Waals surface area (Å²) in [4.78, 5) is 15.8. The van der Waals surface area contributed by atoms with Gasteiger partial charge in [-0.2, -0.15) is 0 Å². The summed E-state index contributed by atoms with van der Waals surface area (Å²) in [6.45, 7) is 1.07. The van der Waals surface area contributed by atoms with Gasteiger partial charge >= 0.3 is 0 Å². The largest absolute Gasteiger partial charge is 0.341 e. The molecule has 0 saturated carbocycles. The summed E-state index contributed by atoms with van der Waals surface area (Å²) in [6.07, 6.45) is 1.60. The van der Waals surface area contributed by atoms with E-state index >= 15 is 0 Å². The van der Waals surface area contributed by atoms with E-state index in [2.05, 4.69) is 12.1 Å². The number of rotatable bonds is 6. The predicted octanol–water partition coefficient (Wildman–Crippen LogP) is 4.82. The van der Waals surface area contributed by atoms with Gasteiger partial charge in [0.2, 0.25) is 5.91 Å². The zero-order valence-corrected chi connectivity index (χ0v) is 18.6. The van der Waals surface area contributed by atoms with Crippen LogP contribution < -0.4 is 0 Å². The van der Waals surface area contributed by atoms with Crippen molar-refractivity contribution in [2.75, 3.05) is 13.6 Å². The van der Waals surface area contributed by atoms with Crippen LogP contribution in [0.5, 0.6) is 0 Å². The highest BCUT2D eigenvalue weighted by molar-refractivity contribution is 7.82. The molecule has 0 N–H and O–H groups in total. The number of hydrogen-bond acceptors (Lipinski definition) is 2. The van der Waals surface area contributed by atoms with Gasteiger partial charge in [0.15, 0.2) is 0 Å². The van der Waals surface area contributed by atoms with Crippen molar-refractivity contribution >= 4 is 16.9 Å². The first-order chi connectivity index (χ1) is 15.1. The minimum Gasteiger partial charge on any atom is -0.341 e. The van der Waals surface area contributed by atoms with E-state index in [1.165, 1.54) is 0 Å². The maximum Gasteiger partial charge on any atom is 0.227 e. The lowest BCUT2D eigenvalue weighted by Crippen LogP contribution is -2.45. The van der Waals surface area contributed by atoms with Gasteiger partial charge in [-0.25, -0.2) is 8.51 Å². The maximum atomic E-state index is 13.5. The Morgan fingerprint density at radius 3 is 2.13 bits per heavy atom. The Bertz CT molecular complexity index is 1010. The second kappa shape index (κ2) is 10.0. The maximum absolute atomic E-state index is 13.5. The van der Waals surface area contributed by atoms with Crippen molar-refractivity contribution in [1.29, 1.82) is 0 Å². The molecule has 0 spiro atoms. The Labute approximate surface area is 187 Å². The van der Waals surface area contributed by atoms with Gasteiger partial charge in [-0.15, -0.1) is 0 Å². The van der Waals surface area contributed by atoms with Gasteiger partial charge in [0, 0.05) is 26.2 Å². The van der Waals surface area contributed by atoms with E-state index in [0.717, 1.165) is 28.9 Å². The quantitative estimate of drug-likeness (QED) is 0.560. The van der Waals surface area contributed by atoms with Crippen LogP contribution in [0.4, 0.5) is 0 Å². The molecule has 1 heterocycles. The van der Waals surface area contributed by atoms with Crippen molar-refractivity contribution in [2.24, 2.45) is 5.92 Å². The van der Waals surface area contributed by atoms with E-state index in [1.807, 2.05) is 90.2 Å². The summed E-state index contributed by atoms with van der Waals surface area (Å²) in [5, 5.41) is 0. The lowest BCUT2D eigenvalue weighted by atomic mass is 9.90. The molecule has 31 heavy (non-hydrogen) atoms. The third kappa shape index (κ3) is 5.12. The van der Waals surface area contributed by atoms with Crippen LogP contribution in [0.1, 0.15) is 30.0 Å². The minimum absolute atomic E-state index is 0.0331. The molecule has 5 heteroatoms. The SMILES string of the molecule is CN(Cc1ccccc1)C(=O)[C@@H]1CCC(c2ccccc2)N(S(=O)c2ccccc2)C1. The van der Waals surface area contributed by atoms with Crippen LogP contribution in [0, 0.1) is 5.92 Å². The molecular formula is C26H28N2O2S. The molecule has 160 valence electrons. The molecule has 1 saturated heterocycles. The number of piperidine rings is 1. The van der Waals surface area contributed by atoms with Crippen molar-refractivity contribution in [3.8, 4) is 0 Å². The zero-order valence-electron chi connectivity index (χ0n) is 17.8. The number of carbonyl (C=O) groups excluding carboxylic acids is 1. The minimum atomic E-state index is -1.33. The van der Waals surface area contributed by atoms with Crippen LogP contribution in [0.25, 0.3) is 0 Å². The van der Waals surface area contributed by atoms with Gasteiger partial charge in [0.25, 0.3) is 0 Å². The van der Waals surface area contributed by atoms with Gasteiger partial charge in [0.05, 0.1) is 10.8 Å². The number of carbonyl (C=O) groups is 1. The monoisotopic (exact) mass is 432 g/mol. The predicted molar refractivity (Wildman–Crippen MR) is 124 cm³/mol. The van der Waals surface area contributed by atoms with E-state index in [-0.39, 0.29) is 17.9 Å². The second-order valence-electron chi connectivity index (χ2n) is 8.04. The molecule has 1 fully saturated rings. The average Bonchev–Trinajstić information content (AvgIpc) is 2.84. The third-order valence-corrected chi connectivity index (χ3v) is 7.37. The fourth-order valence-electron chi connectivity index (χ4n) is 4.25. The van der Waals surface area contributed by atoms with E-state index in [1.54, 1.807) is 4.90 Å². The van der Waals surface area contributed by atoms with Crippen molar-refractivity contribution in [3.63, 3.8) is 0 Å². The molecule has 0 aromatic heterocycles. The molecule has 4 nitrogen and oxygen atoms in total. The van der Waals surface area contributed by atoms with Gasteiger partial charge in [-0.1, -0.05) is 78.9 Å². The zero-order chi connectivity index (χ0) is 21.6. The normalized spacial score (nSPS) is 20.2. The van der Waals surface area contributed by atoms with Crippen molar-refractivity contribution in [3.05, 3.63) is 102 Å². The van der Waals surface area contributed by atoms with E-state index in [0.29, 0.717) is 13.1 Å². The number of nitrogens with zero attached hydrogens (tertiary/aromatic N) is 2. The Morgan fingerprint density at radius 2 is 1.48 bits per heavy atom. The lowest BCUT2D eigenvalue weighted by Gasteiger charge is -2.39. The number of benzene rings is 3. The average molecular weight is 433 g/mol. The summed E-state index contributed by atoms with van der Waals surface area (Å²) < 4.78 is 15.5. The Hall–Kier alpha value is -2.76. The van der Waals surface area contributed by atoms with Crippen molar-refractivity contribution in [2.45, 2.75) is 30.3 Å². The van der Waals surface area contributed by atoms with Crippen LogP contribution in [0.15, 0.2) is 95.9 Å². The first-order valence-corrected chi connectivity index (χ1v) is 11.8. The smallest absolute Gasteiger partial charge is 0.227 e. The summed E-state index contributed by atoms with van der Waals surface area (Å²) in [6, 6.07) is 29.8. The van der Waals surface area contributed by atoms with Gasteiger partial charge in [-0.05, 0) is 36.1 Å². The highest BCUT2D eigenvalue weighted by Crippen LogP contribution is 2.36. The Balaban J connectivity index is 1.54. The van der Waals surface area contributed by atoms with Gasteiger partial charge < -0.3 is 4.90 Å². The molecule has 1 aliphatic heterocycles. The van der Waals surface area contributed by atoms with Crippen LogP contribution in [-0.2, 0) is 22.3 Å². The molecular weight excluding hydrogens is 404 g/mol. The van der Waals surface area contributed by atoms with Crippen LogP contribution >= 0.6 is 0 Å². The topological polar surface area (TPSA) is 40.6 Å². The van der Waals surface area contributed by atoms with Crippen molar-refractivity contribution in [1.82, 2.24) is 9.21 Å². The van der Waals surface area contributed by atoms with E-state index < -0.39 is 11.0 Å². The summed E-state index contributed by atoms with van der Waals surface area (Å²) in [7, 11) is 0.532. The molecule has 0 radical (unpaired) electrons. The molecule has 2 unspecified atom stereocenters. The Morgan fingerprint density at radius 1 is 0.903 bits per heavy atom. The summed E-state index contributed by atoms with van der Waals surface area (Å²) >= 11 is 0. The van der Waals surface area contributed by atoms with Crippen LogP contribution in [-0.4, -0.2) is 32.9 Å². The molecule has 1 aliphatic rings. The third-order valence-electron chi connectivity index (χ3n) is 5.87. The van der Waals surface area contributed by atoms with Crippen molar-refractivity contribution < 1.29 is 9.00 Å². The molecule has 1 amide bonds. The van der Waals surface area contributed by atoms with Gasteiger partial charge in [0.1, 0.15) is 11.0 Å². The summed E-state index contributed by atoms with van der Waals surface area (Å²) in [5.41, 5.74) is 2.26. The fourth-order valence-corrected chi connectivity index (χ4v) is 5.69. The fraction of sp³-hybridized carbons (Fsp3) is 0.269. The molecule has 0 aliphatic carbocycles.